The molecule has 1 aliphatic carbocycles. The first kappa shape index (κ1) is 14.8. The lowest BCUT2D eigenvalue weighted by atomic mass is 9.87. The zero-order valence-corrected chi connectivity index (χ0v) is 11.5. The van der Waals surface area contributed by atoms with Crippen LogP contribution in [0.4, 0.5) is 4.79 Å². The van der Waals surface area contributed by atoms with E-state index in [0.717, 1.165) is 31.6 Å². The number of rotatable bonds is 4. The van der Waals surface area contributed by atoms with Crippen LogP contribution in [0.25, 0.3) is 0 Å². The van der Waals surface area contributed by atoms with Crippen LogP contribution in [0, 0.1) is 11.8 Å². The molecule has 1 saturated carbocycles. The van der Waals surface area contributed by atoms with Crippen LogP contribution in [0.2, 0.25) is 0 Å². The first-order valence-corrected chi connectivity index (χ1v) is 6.76. The van der Waals surface area contributed by atoms with Crippen LogP contribution in [0.5, 0.6) is 0 Å². The van der Waals surface area contributed by atoms with Gasteiger partial charge in [0.05, 0.1) is 0 Å². The number of carbonyl (C=O) groups is 2. The van der Waals surface area contributed by atoms with Crippen molar-refractivity contribution in [1.29, 1.82) is 0 Å². The molecule has 0 aromatic carbocycles. The van der Waals surface area contributed by atoms with Crippen LogP contribution in [0.3, 0.4) is 0 Å². The van der Waals surface area contributed by atoms with Crippen LogP contribution in [0.15, 0.2) is 0 Å². The highest BCUT2D eigenvalue weighted by molar-refractivity contribution is 5.86. The largest absolute Gasteiger partial charge is 0.352 e. The lowest BCUT2D eigenvalue weighted by molar-refractivity contribution is -0.124. The zero-order valence-electron chi connectivity index (χ0n) is 11.5. The average molecular weight is 255 g/mol. The molecule has 1 rings (SSSR count). The maximum absolute atomic E-state index is 12.1. The number of hydrogen-bond donors (Lipinski definition) is 3. The SMILES string of the molecule is CC1CCC(NC(=O)C(NC(N)=O)C(C)C)CC1. The summed E-state index contributed by atoms with van der Waals surface area (Å²) in [5.74, 6) is 0.658. The van der Waals surface area contributed by atoms with E-state index in [0.29, 0.717) is 0 Å². The molecule has 1 aliphatic rings. The summed E-state index contributed by atoms with van der Waals surface area (Å²) >= 11 is 0. The maximum atomic E-state index is 12.1. The van der Waals surface area contributed by atoms with Crippen molar-refractivity contribution in [2.45, 2.75) is 58.5 Å². The molecule has 4 N–H and O–H groups in total. The lowest BCUT2D eigenvalue weighted by Gasteiger charge is -2.29. The normalized spacial score (nSPS) is 25.6. The van der Waals surface area contributed by atoms with Crippen molar-refractivity contribution >= 4 is 11.9 Å². The van der Waals surface area contributed by atoms with Gasteiger partial charge in [0.15, 0.2) is 0 Å². The van der Waals surface area contributed by atoms with E-state index in [9.17, 15) is 9.59 Å². The van der Waals surface area contributed by atoms with E-state index in [1.54, 1.807) is 0 Å². The Morgan fingerprint density at radius 1 is 1.17 bits per heavy atom. The molecule has 104 valence electrons. The van der Waals surface area contributed by atoms with Crippen molar-refractivity contribution in [3.63, 3.8) is 0 Å². The van der Waals surface area contributed by atoms with Crippen molar-refractivity contribution in [2.24, 2.45) is 17.6 Å². The molecule has 1 fully saturated rings. The topological polar surface area (TPSA) is 84.2 Å². The average Bonchev–Trinajstić information content (AvgIpc) is 2.28. The molecule has 0 spiro atoms. The molecule has 1 unspecified atom stereocenters. The smallest absolute Gasteiger partial charge is 0.312 e. The highest BCUT2D eigenvalue weighted by atomic mass is 16.2. The fourth-order valence-electron chi connectivity index (χ4n) is 2.38. The molecular formula is C13H25N3O2. The van der Waals surface area contributed by atoms with Crippen LogP contribution in [-0.2, 0) is 4.79 Å². The van der Waals surface area contributed by atoms with Gasteiger partial charge in [-0.3, -0.25) is 4.79 Å². The number of nitrogens with one attached hydrogen (secondary N) is 2. The van der Waals surface area contributed by atoms with Crippen molar-refractivity contribution in [3.8, 4) is 0 Å². The van der Waals surface area contributed by atoms with Gasteiger partial charge >= 0.3 is 6.03 Å². The predicted octanol–water partition coefficient (Wildman–Crippen LogP) is 1.37. The molecule has 18 heavy (non-hydrogen) atoms. The first-order chi connectivity index (χ1) is 8.40. The minimum atomic E-state index is -0.652. The molecule has 3 amide bonds. The second kappa shape index (κ2) is 6.61. The van der Waals surface area contributed by atoms with Gasteiger partial charge in [-0.25, -0.2) is 4.79 Å². The summed E-state index contributed by atoms with van der Waals surface area (Å²) in [5, 5.41) is 5.52. The van der Waals surface area contributed by atoms with E-state index in [4.69, 9.17) is 5.73 Å². The molecule has 0 saturated heterocycles. The van der Waals surface area contributed by atoms with E-state index >= 15 is 0 Å². The number of primary amides is 1. The van der Waals surface area contributed by atoms with Crippen LogP contribution >= 0.6 is 0 Å². The number of urea groups is 1. The Morgan fingerprint density at radius 2 is 1.72 bits per heavy atom. The van der Waals surface area contributed by atoms with Crippen molar-refractivity contribution < 1.29 is 9.59 Å². The van der Waals surface area contributed by atoms with E-state index < -0.39 is 12.1 Å². The summed E-state index contributed by atoms with van der Waals surface area (Å²) in [6, 6.07) is -0.951. The molecule has 0 heterocycles. The quantitative estimate of drug-likeness (QED) is 0.709. The Balaban J connectivity index is 2.48. The number of nitrogens with two attached hydrogens (primary N) is 1. The van der Waals surface area contributed by atoms with E-state index in [1.807, 2.05) is 13.8 Å². The van der Waals surface area contributed by atoms with Gasteiger partial charge in [0.1, 0.15) is 6.04 Å². The standard InChI is InChI=1S/C13H25N3O2/c1-8(2)11(16-13(14)18)12(17)15-10-6-4-9(3)5-7-10/h8-11H,4-7H2,1-3H3,(H,15,17)(H3,14,16,18). The summed E-state index contributed by atoms with van der Waals surface area (Å²) in [6.45, 7) is 6.02. The van der Waals surface area contributed by atoms with E-state index in [1.165, 1.54) is 0 Å². The van der Waals surface area contributed by atoms with Crippen molar-refractivity contribution in [3.05, 3.63) is 0 Å². The monoisotopic (exact) mass is 255 g/mol. The predicted molar refractivity (Wildman–Crippen MR) is 70.9 cm³/mol. The second-order valence-electron chi connectivity index (χ2n) is 5.70. The maximum Gasteiger partial charge on any atom is 0.312 e. The Morgan fingerprint density at radius 3 is 2.17 bits per heavy atom. The molecule has 5 heteroatoms. The van der Waals surface area contributed by atoms with Gasteiger partial charge in [-0.05, 0) is 37.5 Å². The summed E-state index contributed by atoms with van der Waals surface area (Å²) in [7, 11) is 0. The lowest BCUT2D eigenvalue weighted by Crippen LogP contribution is -2.53. The van der Waals surface area contributed by atoms with Gasteiger partial charge < -0.3 is 16.4 Å². The third-order valence-electron chi connectivity index (χ3n) is 3.61. The van der Waals surface area contributed by atoms with Gasteiger partial charge in [-0.2, -0.15) is 0 Å². The Labute approximate surface area is 109 Å². The van der Waals surface area contributed by atoms with Crippen molar-refractivity contribution in [1.82, 2.24) is 10.6 Å². The highest BCUT2D eigenvalue weighted by Crippen LogP contribution is 2.23. The molecule has 0 aromatic rings. The number of amides is 3. The summed E-state index contributed by atoms with van der Waals surface area (Å²) in [4.78, 5) is 23.0. The molecule has 5 nitrogen and oxygen atoms in total. The Hall–Kier alpha value is -1.26. The van der Waals surface area contributed by atoms with Crippen molar-refractivity contribution in [2.75, 3.05) is 0 Å². The highest BCUT2D eigenvalue weighted by Gasteiger charge is 2.26. The van der Waals surface area contributed by atoms with Crippen LogP contribution in [-0.4, -0.2) is 24.0 Å². The number of hydrogen-bond acceptors (Lipinski definition) is 2. The zero-order chi connectivity index (χ0) is 13.7. The molecule has 0 radical (unpaired) electrons. The molecular weight excluding hydrogens is 230 g/mol. The summed E-state index contributed by atoms with van der Waals surface area (Å²) in [6.07, 6.45) is 4.35. The summed E-state index contributed by atoms with van der Waals surface area (Å²) < 4.78 is 0. The third-order valence-corrected chi connectivity index (χ3v) is 3.61. The van der Waals surface area contributed by atoms with E-state index in [2.05, 4.69) is 17.6 Å². The Bertz CT molecular complexity index is 297. The molecule has 1 atom stereocenters. The van der Waals surface area contributed by atoms with Gasteiger partial charge in [-0.1, -0.05) is 20.8 Å². The second-order valence-corrected chi connectivity index (χ2v) is 5.70. The van der Waals surface area contributed by atoms with Gasteiger partial charge in [0.25, 0.3) is 0 Å². The molecule has 0 bridgehead atoms. The van der Waals surface area contributed by atoms with E-state index in [-0.39, 0.29) is 17.9 Å². The fraction of sp³-hybridized carbons (Fsp3) is 0.846. The third kappa shape index (κ3) is 4.55. The molecule has 0 aliphatic heterocycles. The Kier molecular flexibility index (Phi) is 5.44. The molecule has 0 aromatic heterocycles. The first-order valence-electron chi connectivity index (χ1n) is 6.76. The van der Waals surface area contributed by atoms with Gasteiger partial charge in [0.2, 0.25) is 5.91 Å². The van der Waals surface area contributed by atoms with Crippen LogP contribution in [0.1, 0.15) is 46.5 Å². The minimum absolute atomic E-state index is 0.0278. The van der Waals surface area contributed by atoms with Gasteiger partial charge in [-0.15, -0.1) is 0 Å². The fourth-order valence-corrected chi connectivity index (χ4v) is 2.38. The minimum Gasteiger partial charge on any atom is -0.352 e. The van der Waals surface area contributed by atoms with Gasteiger partial charge in [0, 0.05) is 6.04 Å². The summed E-state index contributed by atoms with van der Waals surface area (Å²) in [5.41, 5.74) is 5.09. The number of carbonyl (C=O) groups excluding carboxylic acids is 2. The van der Waals surface area contributed by atoms with Crippen LogP contribution < -0.4 is 16.4 Å².